The van der Waals surface area contributed by atoms with E-state index in [0.717, 1.165) is 59.4 Å². The van der Waals surface area contributed by atoms with Crippen LogP contribution in [0.25, 0.3) is 0 Å². The first-order valence-electron chi connectivity index (χ1n) is 14.5. The Kier molecular flexibility index (Phi) is 10.4. The van der Waals surface area contributed by atoms with Crippen molar-refractivity contribution in [3.05, 3.63) is 101 Å². The monoisotopic (exact) mass is 593 g/mol. The van der Waals surface area contributed by atoms with Crippen LogP contribution in [0.2, 0.25) is 0 Å². The van der Waals surface area contributed by atoms with Crippen molar-refractivity contribution in [2.24, 2.45) is 0 Å². The normalized spacial score (nSPS) is 14.7. The fourth-order valence-corrected chi connectivity index (χ4v) is 6.41. The Morgan fingerprint density at radius 1 is 0.929 bits per heavy atom. The van der Waals surface area contributed by atoms with Gasteiger partial charge in [0.1, 0.15) is 18.4 Å². The molecule has 0 aromatic heterocycles. The fraction of sp³-hybridized carbons (Fsp3) is 0.394. The summed E-state index contributed by atoms with van der Waals surface area (Å²) in [5.41, 5.74) is 3.08. The summed E-state index contributed by atoms with van der Waals surface area (Å²) in [4.78, 5) is 29.5. The Labute approximate surface area is 248 Å². The van der Waals surface area contributed by atoms with E-state index in [4.69, 9.17) is 0 Å². The Morgan fingerprint density at radius 2 is 1.60 bits per heavy atom. The first-order chi connectivity index (χ1) is 20.0. The largest absolute Gasteiger partial charge is 0.352 e. The predicted octanol–water partition coefficient (Wildman–Crippen LogP) is 5.30. The quantitative estimate of drug-likeness (QED) is 0.327. The molecule has 224 valence electrons. The minimum absolute atomic E-state index is 0.00241. The molecule has 0 saturated heterocycles. The highest BCUT2D eigenvalue weighted by atomic mass is 32.2. The lowest BCUT2D eigenvalue weighted by Gasteiger charge is -2.35. The molecule has 0 aliphatic heterocycles. The highest BCUT2D eigenvalue weighted by Gasteiger charge is 2.34. The van der Waals surface area contributed by atoms with Crippen LogP contribution >= 0.6 is 0 Å². The van der Waals surface area contributed by atoms with Crippen molar-refractivity contribution in [3.8, 4) is 0 Å². The van der Waals surface area contributed by atoms with Crippen LogP contribution in [0.1, 0.15) is 54.4 Å². The molecule has 0 bridgehead atoms. The van der Waals surface area contributed by atoms with Gasteiger partial charge in [-0.3, -0.25) is 13.9 Å². The second kappa shape index (κ2) is 14.0. The molecule has 2 amide bonds. The third-order valence-electron chi connectivity index (χ3n) is 8.05. The summed E-state index contributed by atoms with van der Waals surface area (Å²) in [7, 11) is -3.88. The summed E-state index contributed by atoms with van der Waals surface area (Å²) in [6.07, 6.45) is 6.13. The molecule has 3 aromatic rings. The van der Waals surface area contributed by atoms with E-state index >= 15 is 0 Å². The molecule has 0 radical (unpaired) electrons. The number of hydrogen-bond acceptors (Lipinski definition) is 4. The predicted molar refractivity (Wildman–Crippen MR) is 164 cm³/mol. The zero-order valence-corrected chi connectivity index (χ0v) is 25.4. The van der Waals surface area contributed by atoms with Crippen molar-refractivity contribution in [1.29, 1.82) is 0 Å². The maximum Gasteiger partial charge on any atom is 0.244 e. The number of sulfonamides is 1. The van der Waals surface area contributed by atoms with Gasteiger partial charge in [-0.1, -0.05) is 79.9 Å². The lowest BCUT2D eigenvalue weighted by atomic mass is 9.94. The van der Waals surface area contributed by atoms with Crippen molar-refractivity contribution in [2.75, 3.05) is 17.1 Å². The molecule has 9 heteroatoms. The Bertz CT molecular complexity index is 1490. The summed E-state index contributed by atoms with van der Waals surface area (Å²) in [6, 6.07) is 19.8. The Hall–Kier alpha value is -3.72. The number of amides is 2. The number of halogens is 1. The van der Waals surface area contributed by atoms with E-state index in [0.29, 0.717) is 5.69 Å². The molecular formula is C33H40FN3O4S. The van der Waals surface area contributed by atoms with Crippen LogP contribution in [0.15, 0.2) is 72.8 Å². The van der Waals surface area contributed by atoms with E-state index in [1.807, 2.05) is 43.3 Å². The second-order valence-corrected chi connectivity index (χ2v) is 13.1. The third-order valence-corrected chi connectivity index (χ3v) is 9.17. The number of carbonyl (C=O) groups excluding carboxylic acids is 2. The zero-order chi connectivity index (χ0) is 30.3. The molecule has 7 nitrogen and oxygen atoms in total. The van der Waals surface area contributed by atoms with Crippen LogP contribution in [0.3, 0.4) is 0 Å². The lowest BCUT2D eigenvalue weighted by Crippen LogP contribution is -2.55. The second-order valence-electron chi connectivity index (χ2n) is 11.2. The van der Waals surface area contributed by atoms with Crippen LogP contribution in [-0.2, 0) is 32.6 Å². The molecule has 0 heterocycles. The Balaban J connectivity index is 1.75. The van der Waals surface area contributed by atoms with Gasteiger partial charge in [-0.05, 0) is 55.5 Å². The minimum Gasteiger partial charge on any atom is -0.352 e. The number of rotatable bonds is 11. The fourth-order valence-electron chi connectivity index (χ4n) is 5.51. The van der Waals surface area contributed by atoms with E-state index in [9.17, 15) is 22.4 Å². The van der Waals surface area contributed by atoms with Gasteiger partial charge in [-0.2, -0.15) is 0 Å². The zero-order valence-electron chi connectivity index (χ0n) is 24.6. The van der Waals surface area contributed by atoms with Crippen LogP contribution in [0.5, 0.6) is 0 Å². The Morgan fingerprint density at radius 3 is 2.26 bits per heavy atom. The highest BCUT2D eigenvalue weighted by Crippen LogP contribution is 2.26. The average Bonchev–Trinajstić information content (AvgIpc) is 2.96. The molecule has 1 aliphatic rings. The maximum absolute atomic E-state index is 14.9. The average molecular weight is 594 g/mol. The summed E-state index contributed by atoms with van der Waals surface area (Å²) in [6.45, 7) is 2.96. The van der Waals surface area contributed by atoms with Crippen LogP contribution < -0.4 is 9.62 Å². The van der Waals surface area contributed by atoms with Gasteiger partial charge in [0.2, 0.25) is 21.8 Å². The molecule has 0 spiro atoms. The first-order valence-corrected chi connectivity index (χ1v) is 16.3. The van der Waals surface area contributed by atoms with Gasteiger partial charge in [0, 0.05) is 24.6 Å². The molecule has 1 aliphatic carbocycles. The highest BCUT2D eigenvalue weighted by molar-refractivity contribution is 7.92. The van der Waals surface area contributed by atoms with Crippen LogP contribution in [0, 0.1) is 19.7 Å². The smallest absolute Gasteiger partial charge is 0.244 e. The summed E-state index contributed by atoms with van der Waals surface area (Å²) < 4.78 is 42.1. The van der Waals surface area contributed by atoms with Crippen molar-refractivity contribution >= 4 is 27.5 Å². The number of nitrogens with zero attached hydrogens (tertiary/aromatic N) is 2. The third kappa shape index (κ3) is 7.97. The molecule has 1 saturated carbocycles. The molecule has 1 N–H and O–H groups in total. The number of carbonyl (C=O) groups is 2. The van der Waals surface area contributed by atoms with Gasteiger partial charge in [-0.15, -0.1) is 0 Å². The molecule has 3 aromatic carbocycles. The van der Waals surface area contributed by atoms with Crippen molar-refractivity contribution in [2.45, 2.75) is 71.0 Å². The molecular weight excluding hydrogens is 553 g/mol. The number of nitrogens with one attached hydrogen (secondary N) is 1. The topological polar surface area (TPSA) is 86.8 Å². The standard InChI is InChI=1S/C33H40FN3O4S/c1-24-13-12-20-30(25(24)2)37(42(3,40)41)23-32(38)36(22-27-16-10-11-19-29(27)34)31(21-26-14-6-4-7-15-26)33(39)35-28-17-8-5-9-18-28/h4,6-7,10-16,19-20,28,31H,5,8-9,17-18,21-23H2,1-3H3,(H,35,39)/t31-/m1/s1. The minimum atomic E-state index is -3.88. The number of anilines is 1. The molecule has 0 unspecified atom stereocenters. The first kappa shape index (κ1) is 31.2. The van der Waals surface area contributed by atoms with Crippen molar-refractivity contribution < 1.29 is 22.4 Å². The van der Waals surface area contributed by atoms with Gasteiger partial charge in [0.15, 0.2) is 0 Å². The van der Waals surface area contributed by atoms with E-state index in [2.05, 4.69) is 5.32 Å². The van der Waals surface area contributed by atoms with E-state index in [1.165, 1.54) is 11.0 Å². The van der Waals surface area contributed by atoms with Crippen molar-refractivity contribution in [3.63, 3.8) is 0 Å². The summed E-state index contributed by atoms with van der Waals surface area (Å²) in [5.74, 6) is -1.42. The molecule has 1 atom stereocenters. The number of benzene rings is 3. The van der Waals surface area contributed by atoms with Gasteiger partial charge in [0.25, 0.3) is 0 Å². The van der Waals surface area contributed by atoms with Gasteiger partial charge < -0.3 is 10.2 Å². The van der Waals surface area contributed by atoms with Crippen molar-refractivity contribution in [1.82, 2.24) is 10.2 Å². The SMILES string of the molecule is Cc1cccc(N(CC(=O)N(Cc2ccccc2F)[C@H](Cc2ccccc2)C(=O)NC2CCCCC2)S(C)(=O)=O)c1C. The maximum atomic E-state index is 14.9. The van der Waals surface area contributed by atoms with E-state index < -0.39 is 34.3 Å². The lowest BCUT2D eigenvalue weighted by molar-refractivity contribution is -0.140. The van der Waals surface area contributed by atoms with Gasteiger partial charge in [0.05, 0.1) is 11.9 Å². The molecule has 42 heavy (non-hydrogen) atoms. The summed E-state index contributed by atoms with van der Waals surface area (Å²) >= 11 is 0. The van der Waals surface area contributed by atoms with E-state index in [1.54, 1.807) is 37.3 Å². The van der Waals surface area contributed by atoms with Gasteiger partial charge in [-0.25, -0.2) is 12.8 Å². The number of aryl methyl sites for hydroxylation is 1. The van der Waals surface area contributed by atoms with Crippen LogP contribution in [0.4, 0.5) is 10.1 Å². The van der Waals surface area contributed by atoms with E-state index in [-0.39, 0.29) is 30.5 Å². The molecule has 1 fully saturated rings. The molecule has 4 rings (SSSR count). The summed E-state index contributed by atoms with van der Waals surface area (Å²) in [5, 5.41) is 3.15. The number of hydrogen-bond donors (Lipinski definition) is 1. The van der Waals surface area contributed by atoms with Gasteiger partial charge >= 0.3 is 0 Å². The van der Waals surface area contributed by atoms with Crippen LogP contribution in [-0.4, -0.2) is 50.0 Å².